The lowest BCUT2D eigenvalue weighted by molar-refractivity contribution is -0.385. The van der Waals surface area contributed by atoms with Gasteiger partial charge in [0.05, 0.1) is 31.3 Å². The molecular formula is C18H27N3O6. The number of nitro groups is 1. The van der Waals surface area contributed by atoms with Gasteiger partial charge in [0.15, 0.2) is 11.5 Å². The minimum atomic E-state index is -0.591. The van der Waals surface area contributed by atoms with E-state index in [4.69, 9.17) is 14.2 Å². The maximum atomic E-state index is 12.7. The van der Waals surface area contributed by atoms with Gasteiger partial charge >= 0.3 is 0 Å². The van der Waals surface area contributed by atoms with Gasteiger partial charge in [-0.3, -0.25) is 14.9 Å². The molecule has 2 N–H and O–H groups in total. The van der Waals surface area contributed by atoms with Gasteiger partial charge in [-0.2, -0.15) is 0 Å². The Morgan fingerprint density at radius 3 is 2.56 bits per heavy atom. The highest BCUT2D eigenvalue weighted by atomic mass is 16.6. The van der Waals surface area contributed by atoms with Crippen LogP contribution in [-0.4, -0.2) is 57.9 Å². The molecule has 0 aromatic heterocycles. The van der Waals surface area contributed by atoms with E-state index in [9.17, 15) is 14.9 Å². The molecule has 2 rings (SSSR count). The van der Waals surface area contributed by atoms with Crippen LogP contribution in [0.4, 0.5) is 5.69 Å². The zero-order valence-corrected chi connectivity index (χ0v) is 16.0. The van der Waals surface area contributed by atoms with Crippen molar-refractivity contribution in [3.05, 3.63) is 27.8 Å². The summed E-state index contributed by atoms with van der Waals surface area (Å²) in [5.74, 6) is -0.00408. The summed E-state index contributed by atoms with van der Waals surface area (Å²) in [5, 5.41) is 17.6. The van der Waals surface area contributed by atoms with Gasteiger partial charge in [0.2, 0.25) is 0 Å². The van der Waals surface area contributed by atoms with Crippen LogP contribution in [0.3, 0.4) is 0 Å². The van der Waals surface area contributed by atoms with Crippen LogP contribution in [0.25, 0.3) is 0 Å². The van der Waals surface area contributed by atoms with Crippen LogP contribution in [0.15, 0.2) is 12.1 Å². The molecule has 27 heavy (non-hydrogen) atoms. The third kappa shape index (κ3) is 5.08. The van der Waals surface area contributed by atoms with Gasteiger partial charge in [-0.1, -0.05) is 0 Å². The summed E-state index contributed by atoms with van der Waals surface area (Å²) in [6.07, 6.45) is 1.71. The molecule has 1 aromatic carbocycles. The fraction of sp³-hybridized carbons (Fsp3) is 0.611. The number of amides is 1. The first-order chi connectivity index (χ1) is 13.0. The van der Waals surface area contributed by atoms with Crippen molar-refractivity contribution >= 4 is 11.6 Å². The number of methoxy groups -OCH3 is 2. The van der Waals surface area contributed by atoms with Crippen LogP contribution in [-0.2, 0) is 4.74 Å². The molecule has 9 heteroatoms. The zero-order valence-electron chi connectivity index (χ0n) is 16.0. The number of benzene rings is 1. The van der Waals surface area contributed by atoms with Crippen molar-refractivity contribution in [1.29, 1.82) is 0 Å². The first-order valence-corrected chi connectivity index (χ1v) is 8.93. The quantitative estimate of drug-likeness (QED) is 0.495. The molecule has 1 saturated heterocycles. The van der Waals surface area contributed by atoms with E-state index in [0.717, 1.165) is 25.9 Å². The third-order valence-corrected chi connectivity index (χ3v) is 4.76. The monoisotopic (exact) mass is 381 g/mol. The number of carbonyl (C=O) groups is 1. The van der Waals surface area contributed by atoms with Crippen molar-refractivity contribution in [3.63, 3.8) is 0 Å². The summed E-state index contributed by atoms with van der Waals surface area (Å²) in [5.41, 5.74) is -0.551. The lowest BCUT2D eigenvalue weighted by atomic mass is 9.79. The molecule has 0 saturated carbocycles. The fourth-order valence-corrected chi connectivity index (χ4v) is 3.31. The Bertz CT molecular complexity index is 668. The summed E-state index contributed by atoms with van der Waals surface area (Å²) in [6.45, 7) is 4.68. The Balaban J connectivity index is 2.24. The molecule has 0 aliphatic carbocycles. The van der Waals surface area contributed by atoms with Gasteiger partial charge in [-0.25, -0.2) is 0 Å². The third-order valence-electron chi connectivity index (χ3n) is 4.76. The van der Waals surface area contributed by atoms with Crippen molar-refractivity contribution in [3.8, 4) is 11.5 Å². The minimum Gasteiger partial charge on any atom is -0.493 e. The van der Waals surface area contributed by atoms with Crippen molar-refractivity contribution in [2.24, 2.45) is 5.41 Å². The van der Waals surface area contributed by atoms with Crippen molar-refractivity contribution in [2.75, 3.05) is 47.1 Å². The van der Waals surface area contributed by atoms with E-state index in [-0.39, 0.29) is 28.2 Å². The second kappa shape index (κ2) is 9.52. The molecule has 150 valence electrons. The van der Waals surface area contributed by atoms with Crippen LogP contribution in [0.1, 0.15) is 30.1 Å². The van der Waals surface area contributed by atoms with E-state index in [0.29, 0.717) is 19.8 Å². The van der Waals surface area contributed by atoms with E-state index >= 15 is 0 Å². The van der Waals surface area contributed by atoms with Gasteiger partial charge in [0.1, 0.15) is 5.56 Å². The standard InChI is InChI=1S/C18H27N3O6/c1-4-27-16-10-14(21(23)24)13(9-15(16)26-3)17(22)20-11-18(12-25-2)5-7-19-8-6-18/h9-10,19H,4-8,11-12H2,1-3H3,(H,20,22). The Kier molecular flexibility index (Phi) is 7.37. The Morgan fingerprint density at radius 1 is 1.30 bits per heavy atom. The van der Waals surface area contributed by atoms with Gasteiger partial charge in [-0.15, -0.1) is 0 Å². The summed E-state index contributed by atoms with van der Waals surface area (Å²) in [4.78, 5) is 23.6. The number of carbonyl (C=O) groups excluding carboxylic acids is 1. The Hall–Kier alpha value is -2.39. The number of rotatable bonds is 9. The predicted molar refractivity (Wildman–Crippen MR) is 99.6 cm³/mol. The number of piperidine rings is 1. The highest BCUT2D eigenvalue weighted by Gasteiger charge is 2.33. The molecule has 0 atom stereocenters. The number of nitrogens with zero attached hydrogens (tertiary/aromatic N) is 1. The molecule has 1 fully saturated rings. The predicted octanol–water partition coefficient (Wildman–Crippen LogP) is 1.75. The lowest BCUT2D eigenvalue weighted by Crippen LogP contribution is -2.47. The molecule has 1 aliphatic rings. The highest BCUT2D eigenvalue weighted by Crippen LogP contribution is 2.35. The Morgan fingerprint density at radius 2 is 2.00 bits per heavy atom. The van der Waals surface area contributed by atoms with Crippen molar-refractivity contribution in [2.45, 2.75) is 19.8 Å². The van der Waals surface area contributed by atoms with Crippen LogP contribution < -0.4 is 20.1 Å². The van der Waals surface area contributed by atoms with Crippen LogP contribution in [0.5, 0.6) is 11.5 Å². The second-order valence-electron chi connectivity index (χ2n) is 6.58. The van der Waals surface area contributed by atoms with Crippen molar-refractivity contribution in [1.82, 2.24) is 10.6 Å². The van der Waals surface area contributed by atoms with Gasteiger partial charge in [-0.05, 0) is 32.9 Å². The SMILES string of the molecule is CCOc1cc([N+](=O)[O-])c(C(=O)NCC2(COC)CCNCC2)cc1OC. The summed E-state index contributed by atoms with van der Waals surface area (Å²) in [7, 11) is 3.06. The topological polar surface area (TPSA) is 112 Å². The number of ether oxygens (including phenoxy) is 3. The average Bonchev–Trinajstić information content (AvgIpc) is 2.67. The summed E-state index contributed by atoms with van der Waals surface area (Å²) < 4.78 is 15.9. The van der Waals surface area contributed by atoms with Crippen LogP contribution in [0.2, 0.25) is 0 Å². The Labute approximate surface area is 158 Å². The molecule has 1 heterocycles. The molecular weight excluding hydrogens is 354 g/mol. The number of hydrogen-bond donors (Lipinski definition) is 2. The van der Waals surface area contributed by atoms with E-state index in [1.54, 1.807) is 14.0 Å². The van der Waals surface area contributed by atoms with Gasteiger partial charge in [0, 0.05) is 25.1 Å². The van der Waals surface area contributed by atoms with Crippen LogP contribution >= 0.6 is 0 Å². The molecule has 1 aliphatic heterocycles. The number of hydrogen-bond acceptors (Lipinski definition) is 7. The van der Waals surface area contributed by atoms with Gasteiger partial charge in [0.25, 0.3) is 11.6 Å². The minimum absolute atomic E-state index is 0.0539. The molecule has 0 bridgehead atoms. The fourth-order valence-electron chi connectivity index (χ4n) is 3.31. The smallest absolute Gasteiger partial charge is 0.286 e. The average molecular weight is 381 g/mol. The molecule has 1 aromatic rings. The molecule has 9 nitrogen and oxygen atoms in total. The molecule has 0 radical (unpaired) electrons. The highest BCUT2D eigenvalue weighted by molar-refractivity contribution is 5.99. The van der Waals surface area contributed by atoms with E-state index in [1.807, 2.05) is 0 Å². The number of nitro benzene ring substituents is 1. The summed E-state index contributed by atoms with van der Waals surface area (Å²) in [6, 6.07) is 2.58. The van der Waals surface area contributed by atoms with E-state index < -0.39 is 10.8 Å². The zero-order chi connectivity index (χ0) is 19.9. The van der Waals surface area contributed by atoms with Crippen LogP contribution in [0, 0.1) is 15.5 Å². The molecule has 1 amide bonds. The largest absolute Gasteiger partial charge is 0.493 e. The molecule has 0 unspecified atom stereocenters. The second-order valence-corrected chi connectivity index (χ2v) is 6.58. The van der Waals surface area contributed by atoms with E-state index in [2.05, 4.69) is 10.6 Å². The summed E-state index contributed by atoms with van der Waals surface area (Å²) >= 11 is 0. The van der Waals surface area contributed by atoms with Gasteiger partial charge < -0.3 is 24.8 Å². The first-order valence-electron chi connectivity index (χ1n) is 8.93. The maximum Gasteiger partial charge on any atom is 0.286 e. The van der Waals surface area contributed by atoms with Crippen molar-refractivity contribution < 1.29 is 23.9 Å². The molecule has 0 spiro atoms. The number of nitrogens with one attached hydrogen (secondary N) is 2. The lowest BCUT2D eigenvalue weighted by Gasteiger charge is -2.37. The maximum absolute atomic E-state index is 12.7. The normalized spacial score (nSPS) is 15.8. The van der Waals surface area contributed by atoms with E-state index in [1.165, 1.54) is 19.2 Å². The first kappa shape index (κ1) is 20.9.